The van der Waals surface area contributed by atoms with Crippen molar-refractivity contribution in [2.45, 2.75) is 58.6 Å². The summed E-state index contributed by atoms with van der Waals surface area (Å²) < 4.78 is 5.40. The van der Waals surface area contributed by atoms with Gasteiger partial charge in [-0.25, -0.2) is 4.79 Å². The van der Waals surface area contributed by atoms with Gasteiger partial charge >= 0.3 is 12.1 Å². The molecule has 1 N–H and O–H groups in total. The third-order valence-electron chi connectivity index (χ3n) is 4.79. The van der Waals surface area contributed by atoms with Crippen molar-refractivity contribution < 1.29 is 19.4 Å². The number of nitrogens with zero attached hydrogens (tertiary/aromatic N) is 1. The highest BCUT2D eigenvalue weighted by Crippen LogP contribution is 2.63. The number of likely N-dealkylation sites (tertiary alicyclic amines) is 1. The lowest BCUT2D eigenvalue weighted by atomic mass is 9.45. The van der Waals surface area contributed by atoms with Gasteiger partial charge in [-0.05, 0) is 33.6 Å². The van der Waals surface area contributed by atoms with Gasteiger partial charge in [0.15, 0.2) is 0 Å². The third kappa shape index (κ3) is 1.90. The van der Waals surface area contributed by atoms with E-state index in [2.05, 4.69) is 0 Å². The first-order chi connectivity index (χ1) is 8.51. The summed E-state index contributed by atoms with van der Waals surface area (Å²) in [6, 6.07) is 0. The summed E-state index contributed by atoms with van der Waals surface area (Å²) in [5.41, 5.74) is -1.24. The van der Waals surface area contributed by atoms with Gasteiger partial charge in [-0.3, -0.25) is 4.79 Å². The van der Waals surface area contributed by atoms with Crippen LogP contribution in [-0.2, 0) is 9.53 Å². The molecule has 0 aromatic heterocycles. The summed E-state index contributed by atoms with van der Waals surface area (Å²) in [6.07, 6.45) is 1.08. The number of hydrogen-bond acceptors (Lipinski definition) is 3. The number of ether oxygens (including phenoxy) is 1. The molecular weight excluding hydrogens is 246 g/mol. The van der Waals surface area contributed by atoms with E-state index in [0.717, 1.165) is 6.42 Å². The first-order valence-electron chi connectivity index (χ1n) is 6.75. The molecule has 2 fully saturated rings. The zero-order valence-corrected chi connectivity index (χ0v) is 12.3. The van der Waals surface area contributed by atoms with E-state index in [9.17, 15) is 14.7 Å². The van der Waals surface area contributed by atoms with E-state index in [1.165, 1.54) is 0 Å². The van der Waals surface area contributed by atoms with Crippen molar-refractivity contribution >= 4 is 12.1 Å². The highest BCUT2D eigenvalue weighted by molar-refractivity contribution is 5.76. The van der Waals surface area contributed by atoms with E-state index in [4.69, 9.17) is 4.74 Å². The maximum absolute atomic E-state index is 12.2. The molecule has 1 heterocycles. The van der Waals surface area contributed by atoms with E-state index in [1.54, 1.807) is 4.90 Å². The molecule has 1 saturated heterocycles. The molecule has 1 aliphatic heterocycles. The maximum atomic E-state index is 12.2. The molecular formula is C14H23NO4. The lowest BCUT2D eigenvalue weighted by Gasteiger charge is -2.69. The molecule has 5 heteroatoms. The lowest BCUT2D eigenvalue weighted by molar-refractivity contribution is -0.210. The summed E-state index contributed by atoms with van der Waals surface area (Å²) >= 11 is 0. The zero-order chi connectivity index (χ0) is 14.6. The smallest absolute Gasteiger partial charge is 0.410 e. The van der Waals surface area contributed by atoms with Crippen LogP contribution in [0, 0.1) is 11.3 Å². The van der Waals surface area contributed by atoms with E-state index in [0.29, 0.717) is 13.0 Å². The average Bonchev–Trinajstić information content (AvgIpc) is 2.10. The lowest BCUT2D eigenvalue weighted by Crippen LogP contribution is -2.78. The number of aliphatic carboxylic acids is 1. The molecule has 2 aliphatic rings. The second kappa shape index (κ2) is 3.87. The summed E-state index contributed by atoms with van der Waals surface area (Å²) in [7, 11) is 0. The highest BCUT2D eigenvalue weighted by atomic mass is 16.6. The van der Waals surface area contributed by atoms with Crippen LogP contribution in [-0.4, -0.2) is 39.8 Å². The summed E-state index contributed by atoms with van der Waals surface area (Å²) in [5.74, 6) is -1.15. The van der Waals surface area contributed by atoms with E-state index < -0.39 is 17.0 Å². The van der Waals surface area contributed by atoms with Gasteiger partial charge in [0.2, 0.25) is 0 Å². The molecule has 1 spiro atoms. The fourth-order valence-corrected chi connectivity index (χ4v) is 3.40. The monoisotopic (exact) mass is 269 g/mol. The Kier molecular flexibility index (Phi) is 2.88. The molecule has 2 atom stereocenters. The van der Waals surface area contributed by atoms with Crippen molar-refractivity contribution in [3.8, 4) is 0 Å². The molecule has 0 aromatic rings. The first kappa shape index (κ1) is 14.2. The number of amides is 1. The van der Waals surface area contributed by atoms with Crippen LogP contribution in [0.25, 0.3) is 0 Å². The van der Waals surface area contributed by atoms with Crippen molar-refractivity contribution in [3.05, 3.63) is 0 Å². The summed E-state index contributed by atoms with van der Waals surface area (Å²) in [4.78, 5) is 25.1. The van der Waals surface area contributed by atoms with E-state index in [1.807, 2.05) is 34.6 Å². The Morgan fingerprint density at radius 1 is 1.32 bits per heavy atom. The number of carbonyl (C=O) groups is 2. The Morgan fingerprint density at radius 3 is 2.21 bits per heavy atom. The molecule has 2 rings (SSSR count). The Balaban J connectivity index is 2.12. The van der Waals surface area contributed by atoms with Gasteiger partial charge in [-0.2, -0.15) is 0 Å². The Labute approximate surface area is 113 Å². The van der Waals surface area contributed by atoms with E-state index >= 15 is 0 Å². The zero-order valence-electron chi connectivity index (χ0n) is 12.3. The maximum Gasteiger partial charge on any atom is 0.410 e. The molecule has 0 radical (unpaired) electrons. The second-order valence-electron chi connectivity index (χ2n) is 7.23. The Morgan fingerprint density at radius 2 is 1.89 bits per heavy atom. The van der Waals surface area contributed by atoms with Crippen LogP contribution in [0.3, 0.4) is 0 Å². The normalized spacial score (nSPS) is 32.5. The van der Waals surface area contributed by atoms with Crippen LogP contribution in [0.4, 0.5) is 4.79 Å². The number of hydrogen-bond donors (Lipinski definition) is 1. The molecule has 2 unspecified atom stereocenters. The number of carboxylic acids is 1. The van der Waals surface area contributed by atoms with Gasteiger partial charge in [0.05, 0.1) is 11.5 Å². The molecule has 0 aromatic carbocycles. The van der Waals surface area contributed by atoms with Crippen LogP contribution in [0.15, 0.2) is 0 Å². The molecule has 108 valence electrons. The van der Waals surface area contributed by atoms with Crippen LogP contribution < -0.4 is 0 Å². The topological polar surface area (TPSA) is 66.8 Å². The quantitative estimate of drug-likeness (QED) is 0.794. The van der Waals surface area contributed by atoms with Crippen molar-refractivity contribution in [1.82, 2.24) is 4.90 Å². The van der Waals surface area contributed by atoms with Gasteiger partial charge in [0.1, 0.15) is 5.60 Å². The molecule has 1 saturated carbocycles. The minimum Gasteiger partial charge on any atom is -0.481 e. The minimum absolute atomic E-state index is 0.321. The fourth-order valence-electron chi connectivity index (χ4n) is 3.40. The molecule has 1 aliphatic carbocycles. The number of carbonyl (C=O) groups excluding carboxylic acids is 1. The largest absolute Gasteiger partial charge is 0.481 e. The van der Waals surface area contributed by atoms with Crippen LogP contribution >= 0.6 is 0 Å². The van der Waals surface area contributed by atoms with Gasteiger partial charge < -0.3 is 14.7 Å². The predicted octanol–water partition coefficient (Wildman–Crippen LogP) is 2.50. The predicted molar refractivity (Wildman–Crippen MR) is 69.8 cm³/mol. The standard InChI is InChI=1S/C14H23NO4/c1-12(2,3)19-11(18)15-7-6-14(15)8-9(10(16)17)13(14,4)5/h9H,6-8H2,1-5H3,(H,16,17). The van der Waals surface area contributed by atoms with Gasteiger partial charge in [-0.15, -0.1) is 0 Å². The SMILES string of the molecule is CC(C)(C)OC(=O)N1CCC12CC(C(=O)O)C2(C)C. The van der Waals surface area contributed by atoms with Crippen LogP contribution in [0.5, 0.6) is 0 Å². The Hall–Kier alpha value is -1.26. The minimum atomic E-state index is -0.772. The summed E-state index contributed by atoms with van der Waals surface area (Å²) in [6.45, 7) is 10.0. The van der Waals surface area contributed by atoms with Crippen molar-refractivity contribution in [2.75, 3.05) is 6.54 Å². The van der Waals surface area contributed by atoms with E-state index in [-0.39, 0.29) is 17.6 Å². The Bertz CT molecular complexity index is 424. The number of carboxylic acid groups (broad SMARTS) is 1. The van der Waals surface area contributed by atoms with Gasteiger partial charge in [0.25, 0.3) is 0 Å². The first-order valence-corrected chi connectivity index (χ1v) is 6.75. The number of rotatable bonds is 1. The molecule has 1 amide bonds. The van der Waals surface area contributed by atoms with Crippen molar-refractivity contribution in [2.24, 2.45) is 11.3 Å². The van der Waals surface area contributed by atoms with Crippen molar-refractivity contribution in [3.63, 3.8) is 0 Å². The fraction of sp³-hybridized carbons (Fsp3) is 0.857. The van der Waals surface area contributed by atoms with Crippen LogP contribution in [0.2, 0.25) is 0 Å². The third-order valence-corrected chi connectivity index (χ3v) is 4.79. The molecule has 19 heavy (non-hydrogen) atoms. The highest BCUT2D eigenvalue weighted by Gasteiger charge is 2.70. The van der Waals surface area contributed by atoms with Gasteiger partial charge in [-0.1, -0.05) is 13.8 Å². The molecule has 5 nitrogen and oxygen atoms in total. The second-order valence-corrected chi connectivity index (χ2v) is 7.23. The van der Waals surface area contributed by atoms with Crippen LogP contribution in [0.1, 0.15) is 47.5 Å². The van der Waals surface area contributed by atoms with Crippen molar-refractivity contribution in [1.29, 1.82) is 0 Å². The molecule has 0 bridgehead atoms. The average molecular weight is 269 g/mol. The van der Waals surface area contributed by atoms with Gasteiger partial charge in [0, 0.05) is 12.0 Å². The summed E-state index contributed by atoms with van der Waals surface area (Å²) in [5, 5.41) is 9.20.